The lowest BCUT2D eigenvalue weighted by atomic mass is 9.74. The normalized spacial score (nSPS) is 19.1. The number of methoxy groups -OCH3 is 1. The Bertz CT molecular complexity index is 614. The highest BCUT2D eigenvalue weighted by Gasteiger charge is 2.36. The molecule has 1 aliphatic heterocycles. The molecular weight excluding hydrogens is 278 g/mol. The maximum absolute atomic E-state index is 12.6. The van der Waals surface area contributed by atoms with E-state index in [9.17, 15) is 4.79 Å². The molecule has 0 fully saturated rings. The third-order valence-corrected chi connectivity index (χ3v) is 4.60. The van der Waals surface area contributed by atoms with Crippen molar-refractivity contribution in [1.82, 2.24) is 15.2 Å². The quantitative estimate of drug-likeness (QED) is 0.830. The summed E-state index contributed by atoms with van der Waals surface area (Å²) in [6.07, 6.45) is 5.32. The fraction of sp³-hybridized carbons (Fsp3) is 0.588. The van der Waals surface area contributed by atoms with Crippen LogP contribution in [0.2, 0.25) is 0 Å². The van der Waals surface area contributed by atoms with E-state index in [1.54, 1.807) is 7.11 Å². The van der Waals surface area contributed by atoms with Gasteiger partial charge >= 0.3 is 0 Å². The van der Waals surface area contributed by atoms with Crippen molar-refractivity contribution in [2.45, 2.75) is 32.2 Å². The molecule has 3 rings (SSSR count). The lowest BCUT2D eigenvalue weighted by Crippen LogP contribution is -2.31. The molecule has 2 heterocycles. The molecule has 2 N–H and O–H groups in total. The number of aromatic nitrogens is 1. The number of allylic oxidation sites excluding steroid dienone is 1. The second-order valence-corrected chi connectivity index (χ2v) is 6.70. The Labute approximate surface area is 131 Å². The second kappa shape index (κ2) is 5.89. The van der Waals surface area contributed by atoms with Crippen LogP contribution in [-0.4, -0.2) is 43.8 Å². The smallest absolute Gasteiger partial charge is 0.253 e. The molecule has 1 amide bonds. The number of carbonyl (C=O) groups excluding carboxylic acids is 1. The van der Waals surface area contributed by atoms with Crippen LogP contribution in [0.1, 0.15) is 41.9 Å². The van der Waals surface area contributed by atoms with Gasteiger partial charge in [0.15, 0.2) is 0 Å². The highest BCUT2D eigenvalue weighted by Crippen LogP contribution is 2.42. The van der Waals surface area contributed by atoms with Crippen LogP contribution in [0.5, 0.6) is 0 Å². The lowest BCUT2D eigenvalue weighted by molar-refractivity contribution is 0.0935. The Morgan fingerprint density at radius 3 is 3.09 bits per heavy atom. The average molecular weight is 303 g/mol. The monoisotopic (exact) mass is 303 g/mol. The molecule has 0 radical (unpaired) electrons. The molecule has 22 heavy (non-hydrogen) atoms. The van der Waals surface area contributed by atoms with Gasteiger partial charge in [0.25, 0.3) is 5.91 Å². The van der Waals surface area contributed by atoms with Crippen LogP contribution in [0.4, 0.5) is 0 Å². The minimum atomic E-state index is -0.0116. The zero-order valence-corrected chi connectivity index (χ0v) is 13.7. The summed E-state index contributed by atoms with van der Waals surface area (Å²) < 4.78 is 7.26. The Kier molecular flexibility index (Phi) is 4.10. The Morgan fingerprint density at radius 1 is 1.50 bits per heavy atom. The van der Waals surface area contributed by atoms with Crippen LogP contribution in [0.15, 0.2) is 12.3 Å². The molecule has 0 saturated heterocycles. The van der Waals surface area contributed by atoms with E-state index in [2.05, 4.69) is 35.1 Å². The molecule has 0 aromatic carbocycles. The van der Waals surface area contributed by atoms with E-state index in [1.807, 2.05) is 6.20 Å². The van der Waals surface area contributed by atoms with Crippen molar-refractivity contribution in [3.05, 3.63) is 29.1 Å². The number of ether oxygens (including phenoxy) is 1. The van der Waals surface area contributed by atoms with Crippen molar-refractivity contribution < 1.29 is 9.53 Å². The zero-order chi connectivity index (χ0) is 15.7. The zero-order valence-electron chi connectivity index (χ0n) is 13.7. The van der Waals surface area contributed by atoms with Crippen molar-refractivity contribution in [3.8, 4) is 0 Å². The highest BCUT2D eigenvalue weighted by atomic mass is 16.5. The van der Waals surface area contributed by atoms with Crippen molar-refractivity contribution >= 4 is 11.5 Å². The topological polar surface area (TPSA) is 55.3 Å². The second-order valence-electron chi connectivity index (χ2n) is 6.70. The predicted octanol–water partition coefficient (Wildman–Crippen LogP) is 1.53. The summed E-state index contributed by atoms with van der Waals surface area (Å²) in [5.41, 5.74) is 4.58. The summed E-state index contributed by atoms with van der Waals surface area (Å²) in [6, 6.07) is 0. The summed E-state index contributed by atoms with van der Waals surface area (Å²) in [5.74, 6) is 0.00917. The summed E-state index contributed by atoms with van der Waals surface area (Å²) in [5, 5.41) is 6.42. The highest BCUT2D eigenvalue weighted by molar-refractivity contribution is 5.98. The third kappa shape index (κ3) is 2.59. The van der Waals surface area contributed by atoms with Gasteiger partial charge in [-0.1, -0.05) is 19.9 Å². The summed E-state index contributed by atoms with van der Waals surface area (Å²) >= 11 is 0. The first-order chi connectivity index (χ1) is 10.5. The minimum Gasteiger partial charge on any atom is -0.383 e. The Morgan fingerprint density at radius 2 is 2.32 bits per heavy atom. The molecular formula is C17H25N3O2. The van der Waals surface area contributed by atoms with E-state index in [0.717, 1.165) is 31.6 Å². The lowest BCUT2D eigenvalue weighted by Gasteiger charge is -2.31. The number of hydrogen-bond acceptors (Lipinski definition) is 3. The average Bonchev–Trinajstić information content (AvgIpc) is 2.76. The number of nitrogens with zero attached hydrogens (tertiary/aromatic N) is 1. The van der Waals surface area contributed by atoms with Gasteiger partial charge < -0.3 is 19.9 Å². The first-order valence-electron chi connectivity index (χ1n) is 7.95. The molecule has 2 aliphatic rings. The molecule has 1 aromatic heterocycles. The van der Waals surface area contributed by atoms with Crippen molar-refractivity contribution in [1.29, 1.82) is 0 Å². The van der Waals surface area contributed by atoms with Crippen molar-refractivity contribution in [3.63, 3.8) is 0 Å². The van der Waals surface area contributed by atoms with E-state index in [0.29, 0.717) is 13.2 Å². The van der Waals surface area contributed by atoms with Gasteiger partial charge in [-0.2, -0.15) is 0 Å². The summed E-state index contributed by atoms with van der Waals surface area (Å²) in [4.78, 5) is 12.6. The molecule has 1 aromatic rings. The largest absolute Gasteiger partial charge is 0.383 e. The van der Waals surface area contributed by atoms with Gasteiger partial charge in [0, 0.05) is 45.2 Å². The van der Waals surface area contributed by atoms with E-state index in [1.165, 1.54) is 16.8 Å². The van der Waals surface area contributed by atoms with Crippen molar-refractivity contribution in [2.24, 2.45) is 0 Å². The van der Waals surface area contributed by atoms with E-state index < -0.39 is 0 Å². The number of hydrogen-bond donors (Lipinski definition) is 2. The Hall–Kier alpha value is -1.59. The molecule has 0 spiro atoms. The van der Waals surface area contributed by atoms with Crippen LogP contribution < -0.4 is 10.6 Å². The van der Waals surface area contributed by atoms with Gasteiger partial charge in [-0.25, -0.2) is 0 Å². The number of carbonyl (C=O) groups is 1. The van der Waals surface area contributed by atoms with Crippen LogP contribution >= 0.6 is 0 Å². The van der Waals surface area contributed by atoms with Crippen LogP contribution in [0.25, 0.3) is 5.57 Å². The van der Waals surface area contributed by atoms with Crippen LogP contribution in [0, 0.1) is 0 Å². The molecule has 0 bridgehead atoms. The number of rotatable bonds is 4. The van der Waals surface area contributed by atoms with Gasteiger partial charge in [0.1, 0.15) is 0 Å². The molecule has 120 valence electrons. The van der Waals surface area contributed by atoms with E-state index in [-0.39, 0.29) is 11.3 Å². The first kappa shape index (κ1) is 15.3. The summed E-state index contributed by atoms with van der Waals surface area (Å²) in [7, 11) is 1.64. The fourth-order valence-corrected chi connectivity index (χ4v) is 3.45. The van der Waals surface area contributed by atoms with Crippen molar-refractivity contribution in [2.75, 3.05) is 33.4 Å². The van der Waals surface area contributed by atoms with Gasteiger partial charge in [-0.05, 0) is 23.0 Å². The minimum absolute atomic E-state index is 0.00917. The fourth-order valence-electron chi connectivity index (χ4n) is 3.45. The SMILES string of the molecule is COCCNC(=O)c1cn2c3c1C(C)(C)CC=C3CNCC2. The maximum atomic E-state index is 12.6. The first-order valence-corrected chi connectivity index (χ1v) is 7.95. The number of amides is 1. The van der Waals surface area contributed by atoms with E-state index in [4.69, 9.17) is 4.74 Å². The molecule has 0 unspecified atom stereocenters. The maximum Gasteiger partial charge on any atom is 0.253 e. The molecule has 5 heteroatoms. The van der Waals surface area contributed by atoms with Gasteiger partial charge in [-0.15, -0.1) is 0 Å². The molecule has 0 saturated carbocycles. The Balaban J connectivity index is 2.01. The number of nitrogens with one attached hydrogen (secondary N) is 2. The van der Waals surface area contributed by atoms with Gasteiger partial charge in [0.2, 0.25) is 0 Å². The summed E-state index contributed by atoms with van der Waals surface area (Å²) in [6.45, 7) is 8.25. The van der Waals surface area contributed by atoms with Crippen LogP contribution in [0.3, 0.4) is 0 Å². The molecule has 1 aliphatic carbocycles. The van der Waals surface area contributed by atoms with Gasteiger partial charge in [-0.3, -0.25) is 4.79 Å². The molecule has 0 atom stereocenters. The van der Waals surface area contributed by atoms with E-state index >= 15 is 0 Å². The predicted molar refractivity (Wildman–Crippen MR) is 87.1 cm³/mol. The molecule has 5 nitrogen and oxygen atoms in total. The third-order valence-electron chi connectivity index (χ3n) is 4.60. The standard InChI is InChI=1S/C17H25N3O2/c1-17(2)5-4-12-10-18-6-8-20-11-13(14(17)15(12)20)16(21)19-7-9-22-3/h4,11,18H,5-10H2,1-3H3,(H,19,21). The van der Waals surface area contributed by atoms with Gasteiger partial charge in [0.05, 0.1) is 12.2 Å². The van der Waals surface area contributed by atoms with Crippen LogP contribution in [-0.2, 0) is 16.7 Å².